The van der Waals surface area contributed by atoms with Crippen LogP contribution >= 0.6 is 0 Å². The van der Waals surface area contributed by atoms with E-state index in [-0.39, 0.29) is 0 Å². The Balaban J connectivity index is 4.54. The highest BCUT2D eigenvalue weighted by atomic mass is 32.3. The standard InChI is InChI=1S/C4H7NO5S2/c1-2-3-10-12(8,9)4-11(5,6)7/h4H2,1H3,(H2,5,6,7). The topological polar surface area (TPSA) is 104 Å². The number of nitrogens with two attached hydrogens (primary N) is 1. The van der Waals surface area contributed by atoms with E-state index in [9.17, 15) is 16.8 Å². The van der Waals surface area contributed by atoms with Crippen LogP contribution in [0.4, 0.5) is 0 Å². The van der Waals surface area contributed by atoms with Gasteiger partial charge < -0.3 is 4.18 Å². The first-order valence-electron chi connectivity index (χ1n) is 2.60. The van der Waals surface area contributed by atoms with Crippen LogP contribution < -0.4 is 5.14 Å². The Bertz CT molecular complexity index is 394. The molecule has 0 heterocycles. The lowest BCUT2D eigenvalue weighted by molar-refractivity contribution is 0.469. The van der Waals surface area contributed by atoms with Crippen LogP contribution in [0.15, 0.2) is 0 Å². The summed E-state index contributed by atoms with van der Waals surface area (Å²) in [6, 6.07) is 0. The van der Waals surface area contributed by atoms with E-state index in [2.05, 4.69) is 15.2 Å². The number of hydrogen-bond acceptors (Lipinski definition) is 5. The molecule has 0 rings (SSSR count). The van der Waals surface area contributed by atoms with Crippen LogP contribution in [-0.4, -0.2) is 21.9 Å². The highest BCUT2D eigenvalue weighted by molar-refractivity contribution is 8.04. The van der Waals surface area contributed by atoms with Crippen molar-refractivity contribution in [2.24, 2.45) is 5.14 Å². The van der Waals surface area contributed by atoms with Gasteiger partial charge in [-0.2, -0.15) is 8.42 Å². The molecule has 0 aromatic rings. The second-order valence-electron chi connectivity index (χ2n) is 1.77. The largest absolute Gasteiger partial charge is 0.333 e. The van der Waals surface area contributed by atoms with Crippen molar-refractivity contribution in [2.45, 2.75) is 6.92 Å². The zero-order valence-electron chi connectivity index (χ0n) is 6.14. The van der Waals surface area contributed by atoms with E-state index in [1.165, 1.54) is 6.92 Å². The normalized spacial score (nSPS) is 11.5. The van der Waals surface area contributed by atoms with Gasteiger partial charge in [-0.05, 0) is 0 Å². The SMILES string of the molecule is CC#COS(=O)(=O)CS(N)(=O)=O. The molecule has 70 valence electrons. The lowest BCUT2D eigenvalue weighted by atomic mass is 10.8. The first-order valence-corrected chi connectivity index (χ1v) is 5.89. The van der Waals surface area contributed by atoms with Gasteiger partial charge in [-0.1, -0.05) is 5.92 Å². The Labute approximate surface area is 70.9 Å². The quantitative estimate of drug-likeness (QED) is 0.456. The van der Waals surface area contributed by atoms with Crippen molar-refractivity contribution < 1.29 is 21.0 Å². The smallest absolute Gasteiger partial charge is 0.327 e. The Morgan fingerprint density at radius 2 is 1.83 bits per heavy atom. The van der Waals surface area contributed by atoms with Gasteiger partial charge in [0.15, 0.2) is 0 Å². The van der Waals surface area contributed by atoms with Gasteiger partial charge in [0.25, 0.3) is 0 Å². The minimum Gasteiger partial charge on any atom is -0.327 e. The minimum atomic E-state index is -4.19. The predicted molar refractivity (Wildman–Crippen MR) is 41.4 cm³/mol. The van der Waals surface area contributed by atoms with Gasteiger partial charge in [0.2, 0.25) is 15.1 Å². The van der Waals surface area contributed by atoms with Gasteiger partial charge in [0, 0.05) is 6.92 Å². The molecule has 0 aromatic heterocycles. The van der Waals surface area contributed by atoms with Gasteiger partial charge in [-0.3, -0.25) is 0 Å². The molecule has 2 N–H and O–H groups in total. The summed E-state index contributed by atoms with van der Waals surface area (Å²) in [7, 11) is -8.28. The molecule has 0 atom stereocenters. The van der Waals surface area contributed by atoms with E-state index in [1.807, 2.05) is 0 Å². The number of hydrogen-bond donors (Lipinski definition) is 1. The number of rotatable bonds is 3. The summed E-state index contributed by atoms with van der Waals surface area (Å²) in [6.45, 7) is 1.34. The van der Waals surface area contributed by atoms with Crippen molar-refractivity contribution in [3.05, 3.63) is 0 Å². The van der Waals surface area contributed by atoms with E-state index in [0.717, 1.165) is 0 Å². The Morgan fingerprint density at radius 1 is 1.33 bits per heavy atom. The first-order chi connectivity index (χ1) is 5.27. The van der Waals surface area contributed by atoms with E-state index < -0.39 is 25.2 Å². The van der Waals surface area contributed by atoms with Crippen molar-refractivity contribution in [3.63, 3.8) is 0 Å². The average Bonchev–Trinajstić information content (AvgIpc) is 1.78. The van der Waals surface area contributed by atoms with Crippen molar-refractivity contribution in [2.75, 3.05) is 5.08 Å². The summed E-state index contributed by atoms with van der Waals surface area (Å²) in [4.78, 5) is 0. The first kappa shape index (κ1) is 11.2. The molecular formula is C4H7NO5S2. The van der Waals surface area contributed by atoms with Crippen LogP contribution in [0.1, 0.15) is 6.92 Å². The fraction of sp³-hybridized carbons (Fsp3) is 0.500. The van der Waals surface area contributed by atoms with Crippen LogP contribution in [-0.2, 0) is 24.3 Å². The summed E-state index contributed by atoms with van der Waals surface area (Å²) in [5.74, 6) is 2.12. The third-order valence-corrected chi connectivity index (χ3v) is 3.39. The maximum Gasteiger partial charge on any atom is 0.333 e. The van der Waals surface area contributed by atoms with Crippen molar-refractivity contribution in [1.82, 2.24) is 0 Å². The highest BCUT2D eigenvalue weighted by Crippen LogP contribution is 1.94. The fourth-order valence-corrected chi connectivity index (χ4v) is 2.34. The predicted octanol–water partition coefficient (Wildman–Crippen LogP) is -1.44. The van der Waals surface area contributed by atoms with Crippen molar-refractivity contribution in [3.8, 4) is 12.0 Å². The molecular weight excluding hydrogens is 206 g/mol. The number of primary sulfonamides is 1. The van der Waals surface area contributed by atoms with Crippen LogP contribution in [0.25, 0.3) is 0 Å². The molecule has 12 heavy (non-hydrogen) atoms. The van der Waals surface area contributed by atoms with Gasteiger partial charge in [0.1, 0.15) is 6.11 Å². The van der Waals surface area contributed by atoms with Gasteiger partial charge in [0.05, 0.1) is 0 Å². The summed E-state index contributed by atoms with van der Waals surface area (Å²) < 4.78 is 45.7. The monoisotopic (exact) mass is 213 g/mol. The van der Waals surface area contributed by atoms with Gasteiger partial charge in [-0.25, -0.2) is 13.6 Å². The van der Waals surface area contributed by atoms with Gasteiger partial charge >= 0.3 is 10.1 Å². The molecule has 0 amide bonds. The fourth-order valence-electron chi connectivity index (χ4n) is 0.330. The molecule has 0 spiro atoms. The molecule has 0 saturated heterocycles. The molecule has 0 saturated carbocycles. The summed E-state index contributed by atoms with van der Waals surface area (Å²) in [6.07, 6.45) is 1.75. The van der Waals surface area contributed by atoms with Crippen molar-refractivity contribution >= 4 is 20.1 Å². The van der Waals surface area contributed by atoms with E-state index in [1.54, 1.807) is 6.11 Å². The molecule has 0 aromatic carbocycles. The van der Waals surface area contributed by atoms with Crippen LogP contribution in [0.2, 0.25) is 0 Å². The molecule has 0 fully saturated rings. The van der Waals surface area contributed by atoms with Crippen LogP contribution in [0, 0.1) is 12.0 Å². The third kappa shape index (κ3) is 5.96. The maximum atomic E-state index is 10.6. The second-order valence-corrected chi connectivity index (χ2v) is 5.32. The van der Waals surface area contributed by atoms with Crippen LogP contribution in [0.3, 0.4) is 0 Å². The molecule has 6 nitrogen and oxygen atoms in total. The van der Waals surface area contributed by atoms with Crippen molar-refractivity contribution in [1.29, 1.82) is 0 Å². The maximum absolute atomic E-state index is 10.6. The molecule has 0 radical (unpaired) electrons. The summed E-state index contributed by atoms with van der Waals surface area (Å²) in [5.41, 5.74) is 0. The average molecular weight is 213 g/mol. The minimum absolute atomic E-state index is 1.27. The van der Waals surface area contributed by atoms with E-state index >= 15 is 0 Å². The Morgan fingerprint density at radius 3 is 2.17 bits per heavy atom. The molecule has 8 heteroatoms. The lowest BCUT2D eigenvalue weighted by Gasteiger charge is -1.96. The zero-order valence-corrected chi connectivity index (χ0v) is 7.78. The summed E-state index contributed by atoms with van der Waals surface area (Å²) >= 11 is 0. The highest BCUT2D eigenvalue weighted by Gasteiger charge is 2.19. The Kier molecular flexibility index (Phi) is 3.51. The molecule has 0 aliphatic heterocycles. The van der Waals surface area contributed by atoms with Crippen LogP contribution in [0.5, 0.6) is 0 Å². The van der Waals surface area contributed by atoms with E-state index in [0.29, 0.717) is 0 Å². The summed E-state index contributed by atoms with van der Waals surface area (Å²) in [5, 5.41) is 3.19. The third-order valence-electron chi connectivity index (χ3n) is 0.579. The molecule has 0 bridgehead atoms. The van der Waals surface area contributed by atoms with Gasteiger partial charge in [-0.15, -0.1) is 0 Å². The number of sulfonamides is 1. The molecule has 0 aliphatic carbocycles. The van der Waals surface area contributed by atoms with E-state index in [4.69, 9.17) is 0 Å². The lowest BCUT2D eigenvalue weighted by Crippen LogP contribution is -2.23. The Hall–Kier alpha value is -0.780. The zero-order chi connectivity index (χ0) is 9.83. The second kappa shape index (κ2) is 3.75. The molecule has 0 unspecified atom stereocenters. The molecule has 0 aliphatic rings.